The fraction of sp³-hybridized carbons (Fsp3) is 0.250. The Morgan fingerprint density at radius 1 is 1.20 bits per heavy atom. The van der Waals surface area contributed by atoms with E-state index < -0.39 is 0 Å². The molecule has 0 spiro atoms. The van der Waals surface area contributed by atoms with Crippen LogP contribution in [-0.4, -0.2) is 17.9 Å². The maximum absolute atomic E-state index is 12.3. The van der Waals surface area contributed by atoms with Gasteiger partial charge in [0.05, 0.1) is 17.8 Å². The largest absolute Gasteiger partial charge is 0.387 e. The van der Waals surface area contributed by atoms with Crippen molar-refractivity contribution in [2.75, 3.05) is 12.4 Å². The van der Waals surface area contributed by atoms with E-state index in [0.29, 0.717) is 12.1 Å². The summed E-state index contributed by atoms with van der Waals surface area (Å²) < 4.78 is 0. The molecule has 4 nitrogen and oxygen atoms in total. The Morgan fingerprint density at radius 3 is 2.70 bits per heavy atom. The third-order valence-corrected chi connectivity index (χ3v) is 3.07. The Bertz CT molecular complexity index is 623. The van der Waals surface area contributed by atoms with E-state index >= 15 is 0 Å². The molecule has 2 N–H and O–H groups in total. The topological polar surface area (TPSA) is 54.0 Å². The number of carbonyl (C=O) groups is 1. The molecular weight excluding hydrogens is 250 g/mol. The lowest BCUT2D eigenvalue weighted by Crippen LogP contribution is -2.24. The summed E-state index contributed by atoms with van der Waals surface area (Å²) >= 11 is 0. The van der Waals surface area contributed by atoms with Gasteiger partial charge in [-0.3, -0.25) is 9.78 Å². The van der Waals surface area contributed by atoms with Gasteiger partial charge in [-0.25, -0.2) is 0 Å². The molecule has 0 saturated heterocycles. The first-order valence-electron chi connectivity index (χ1n) is 6.59. The molecule has 0 fully saturated rings. The Hall–Kier alpha value is -2.36. The second-order valence-corrected chi connectivity index (χ2v) is 4.75. The maximum atomic E-state index is 12.3. The van der Waals surface area contributed by atoms with E-state index in [-0.39, 0.29) is 5.91 Å². The summed E-state index contributed by atoms with van der Waals surface area (Å²) in [4.78, 5) is 16.6. The number of amides is 1. The van der Waals surface area contributed by atoms with Crippen molar-refractivity contribution in [3.63, 3.8) is 0 Å². The normalized spacial score (nSPS) is 10.2. The smallest absolute Gasteiger partial charge is 0.253 e. The van der Waals surface area contributed by atoms with Crippen molar-refractivity contribution >= 4 is 11.6 Å². The minimum Gasteiger partial charge on any atom is -0.387 e. The number of pyridine rings is 1. The van der Waals surface area contributed by atoms with Crippen molar-refractivity contribution in [1.29, 1.82) is 0 Å². The van der Waals surface area contributed by atoms with Gasteiger partial charge in [0.1, 0.15) is 0 Å². The van der Waals surface area contributed by atoms with Gasteiger partial charge >= 0.3 is 0 Å². The minimum absolute atomic E-state index is 0.0960. The zero-order valence-electron chi connectivity index (χ0n) is 12.0. The van der Waals surface area contributed by atoms with Crippen molar-refractivity contribution in [1.82, 2.24) is 10.3 Å². The molecular formula is C16H19N3O. The monoisotopic (exact) mass is 269 g/mol. The number of benzene rings is 1. The lowest BCUT2D eigenvalue weighted by molar-refractivity contribution is 0.0951. The van der Waals surface area contributed by atoms with Crippen LogP contribution in [0.1, 0.15) is 27.3 Å². The molecule has 0 aliphatic heterocycles. The van der Waals surface area contributed by atoms with Crippen LogP contribution in [0.5, 0.6) is 0 Å². The minimum atomic E-state index is -0.0960. The zero-order chi connectivity index (χ0) is 14.5. The van der Waals surface area contributed by atoms with Gasteiger partial charge in [0.2, 0.25) is 0 Å². The summed E-state index contributed by atoms with van der Waals surface area (Å²) in [5.74, 6) is -0.0960. The molecule has 1 heterocycles. The standard InChI is InChI=1S/C16H19N3O/c1-11-7-8-15(17-3)14(9-11)16(20)18-10-13-6-4-5-12(2)19-13/h4-9,17H,10H2,1-3H3,(H,18,20). The van der Waals surface area contributed by atoms with E-state index in [9.17, 15) is 4.79 Å². The first-order chi connectivity index (χ1) is 9.60. The van der Waals surface area contributed by atoms with Crippen LogP contribution in [0.4, 0.5) is 5.69 Å². The average molecular weight is 269 g/mol. The fourth-order valence-corrected chi connectivity index (χ4v) is 2.03. The maximum Gasteiger partial charge on any atom is 0.253 e. The second kappa shape index (κ2) is 6.19. The summed E-state index contributed by atoms with van der Waals surface area (Å²) in [6.07, 6.45) is 0. The van der Waals surface area contributed by atoms with Crippen LogP contribution >= 0.6 is 0 Å². The number of rotatable bonds is 4. The van der Waals surface area contributed by atoms with E-state index in [0.717, 1.165) is 22.6 Å². The average Bonchev–Trinajstić information content (AvgIpc) is 2.45. The summed E-state index contributed by atoms with van der Waals surface area (Å²) in [5.41, 5.74) is 4.34. The first-order valence-corrected chi connectivity index (χ1v) is 6.59. The molecule has 1 aromatic carbocycles. The Labute approximate surface area is 119 Å². The molecule has 1 amide bonds. The van der Waals surface area contributed by atoms with E-state index in [2.05, 4.69) is 15.6 Å². The van der Waals surface area contributed by atoms with Crippen molar-refractivity contribution < 1.29 is 4.79 Å². The van der Waals surface area contributed by atoms with E-state index in [4.69, 9.17) is 0 Å². The van der Waals surface area contributed by atoms with Crippen LogP contribution in [0.25, 0.3) is 0 Å². The molecule has 2 rings (SSSR count). The lowest BCUT2D eigenvalue weighted by atomic mass is 10.1. The molecule has 0 aliphatic carbocycles. The molecule has 0 radical (unpaired) electrons. The zero-order valence-corrected chi connectivity index (χ0v) is 12.0. The molecule has 0 bridgehead atoms. The molecule has 0 saturated carbocycles. The number of hydrogen-bond acceptors (Lipinski definition) is 3. The van der Waals surface area contributed by atoms with Crippen molar-refractivity contribution in [3.8, 4) is 0 Å². The number of nitrogens with one attached hydrogen (secondary N) is 2. The quantitative estimate of drug-likeness (QED) is 0.897. The summed E-state index contributed by atoms with van der Waals surface area (Å²) in [6.45, 7) is 4.33. The number of nitrogens with zero attached hydrogens (tertiary/aromatic N) is 1. The van der Waals surface area contributed by atoms with E-state index in [1.807, 2.05) is 57.3 Å². The summed E-state index contributed by atoms with van der Waals surface area (Å²) in [5, 5.41) is 5.94. The Kier molecular flexibility index (Phi) is 4.35. The molecule has 0 atom stereocenters. The van der Waals surface area contributed by atoms with Gasteiger partial charge in [0, 0.05) is 18.4 Å². The van der Waals surface area contributed by atoms with Gasteiger partial charge in [-0.05, 0) is 38.1 Å². The number of aromatic nitrogens is 1. The van der Waals surface area contributed by atoms with Gasteiger partial charge in [-0.2, -0.15) is 0 Å². The van der Waals surface area contributed by atoms with Crippen LogP contribution in [0.3, 0.4) is 0 Å². The summed E-state index contributed by atoms with van der Waals surface area (Å²) in [7, 11) is 1.81. The van der Waals surface area contributed by atoms with Crippen molar-refractivity contribution in [2.24, 2.45) is 0 Å². The van der Waals surface area contributed by atoms with Crippen LogP contribution in [0, 0.1) is 13.8 Å². The number of hydrogen-bond donors (Lipinski definition) is 2. The molecule has 2 aromatic rings. The van der Waals surface area contributed by atoms with Gasteiger partial charge < -0.3 is 10.6 Å². The number of anilines is 1. The van der Waals surface area contributed by atoms with Crippen LogP contribution < -0.4 is 10.6 Å². The fourth-order valence-electron chi connectivity index (χ4n) is 2.03. The first kappa shape index (κ1) is 14.1. The molecule has 0 aliphatic rings. The summed E-state index contributed by atoms with van der Waals surface area (Å²) in [6, 6.07) is 11.5. The van der Waals surface area contributed by atoms with Gasteiger partial charge in [0.25, 0.3) is 5.91 Å². The van der Waals surface area contributed by atoms with Gasteiger partial charge in [-0.1, -0.05) is 17.7 Å². The third kappa shape index (κ3) is 3.35. The highest BCUT2D eigenvalue weighted by atomic mass is 16.1. The molecule has 0 unspecified atom stereocenters. The Balaban J connectivity index is 2.10. The van der Waals surface area contributed by atoms with Crippen molar-refractivity contribution in [3.05, 3.63) is 58.9 Å². The molecule has 4 heteroatoms. The van der Waals surface area contributed by atoms with Gasteiger partial charge in [0.15, 0.2) is 0 Å². The van der Waals surface area contributed by atoms with E-state index in [1.54, 1.807) is 0 Å². The second-order valence-electron chi connectivity index (χ2n) is 4.75. The van der Waals surface area contributed by atoms with Gasteiger partial charge in [-0.15, -0.1) is 0 Å². The molecule has 1 aromatic heterocycles. The number of aryl methyl sites for hydroxylation is 2. The SMILES string of the molecule is CNc1ccc(C)cc1C(=O)NCc1cccc(C)n1. The third-order valence-electron chi connectivity index (χ3n) is 3.07. The molecule has 104 valence electrons. The highest BCUT2D eigenvalue weighted by Crippen LogP contribution is 2.16. The lowest BCUT2D eigenvalue weighted by Gasteiger charge is -2.10. The Morgan fingerprint density at radius 2 is 2.00 bits per heavy atom. The predicted molar refractivity (Wildman–Crippen MR) is 80.9 cm³/mol. The van der Waals surface area contributed by atoms with Crippen LogP contribution in [-0.2, 0) is 6.54 Å². The van der Waals surface area contributed by atoms with Crippen LogP contribution in [0.2, 0.25) is 0 Å². The highest BCUT2D eigenvalue weighted by Gasteiger charge is 2.10. The molecule has 20 heavy (non-hydrogen) atoms. The highest BCUT2D eigenvalue weighted by molar-refractivity contribution is 5.99. The van der Waals surface area contributed by atoms with Crippen LogP contribution in [0.15, 0.2) is 36.4 Å². The van der Waals surface area contributed by atoms with Crippen molar-refractivity contribution in [2.45, 2.75) is 20.4 Å². The number of carbonyl (C=O) groups excluding carboxylic acids is 1. The van der Waals surface area contributed by atoms with E-state index in [1.165, 1.54) is 0 Å². The predicted octanol–water partition coefficient (Wildman–Crippen LogP) is 2.67.